The molecule has 2 N–H and O–H groups in total. The van der Waals surface area contributed by atoms with Gasteiger partial charge in [0.2, 0.25) is 5.13 Å². The van der Waals surface area contributed by atoms with Crippen molar-refractivity contribution in [1.82, 2.24) is 10.2 Å². The Balaban J connectivity index is 1.69. The zero-order chi connectivity index (χ0) is 17.1. The van der Waals surface area contributed by atoms with E-state index in [9.17, 15) is 4.79 Å². The van der Waals surface area contributed by atoms with E-state index >= 15 is 0 Å². The number of carbonyl (C=O) groups is 1. The fourth-order valence-electron chi connectivity index (χ4n) is 2.27. The molecule has 3 rings (SSSR count). The number of nitrogens with one attached hydrogen (secondary N) is 2. The van der Waals surface area contributed by atoms with Crippen LogP contribution in [0.2, 0.25) is 0 Å². The monoisotopic (exact) mass is 338 g/mol. The minimum atomic E-state index is -0.328. The summed E-state index contributed by atoms with van der Waals surface area (Å²) in [6, 6.07) is 13.4. The third kappa shape index (κ3) is 3.60. The molecule has 3 aromatic rings. The van der Waals surface area contributed by atoms with Crippen LogP contribution in [-0.4, -0.2) is 16.2 Å². The van der Waals surface area contributed by atoms with E-state index in [4.69, 9.17) is 0 Å². The molecular weight excluding hydrogens is 320 g/mol. The number of rotatable bonds is 3. The molecule has 0 aliphatic rings. The van der Waals surface area contributed by atoms with E-state index in [1.54, 1.807) is 0 Å². The molecule has 0 saturated heterocycles. The average Bonchev–Trinajstić information content (AvgIpc) is 2.99. The highest BCUT2D eigenvalue weighted by Crippen LogP contribution is 2.28. The summed E-state index contributed by atoms with van der Waals surface area (Å²) in [4.78, 5) is 12.1. The molecule has 122 valence electrons. The van der Waals surface area contributed by atoms with Crippen LogP contribution in [0.3, 0.4) is 0 Å². The molecule has 0 radical (unpaired) electrons. The van der Waals surface area contributed by atoms with Crippen molar-refractivity contribution in [3.8, 4) is 10.6 Å². The number of hydrogen-bond donors (Lipinski definition) is 2. The zero-order valence-corrected chi connectivity index (χ0v) is 14.6. The van der Waals surface area contributed by atoms with Crippen LogP contribution in [0.5, 0.6) is 0 Å². The molecule has 24 heavy (non-hydrogen) atoms. The molecule has 0 saturated carbocycles. The topological polar surface area (TPSA) is 66.9 Å². The standard InChI is InChI=1S/C18H18N4OS/c1-11-8-9-14(10-13(11)3)19-17(23)20-18-22-21-16(24-18)15-7-5-4-6-12(15)2/h4-10H,1-3H3,(H2,19,20,22,23). The van der Waals surface area contributed by atoms with Crippen LogP contribution in [0, 0.1) is 20.8 Å². The van der Waals surface area contributed by atoms with Crippen molar-refractivity contribution in [1.29, 1.82) is 0 Å². The summed E-state index contributed by atoms with van der Waals surface area (Å²) in [5.74, 6) is 0. The van der Waals surface area contributed by atoms with Crippen LogP contribution in [0.15, 0.2) is 42.5 Å². The highest BCUT2D eigenvalue weighted by atomic mass is 32.1. The number of aromatic nitrogens is 2. The fourth-order valence-corrected chi connectivity index (χ4v) is 3.10. The fraction of sp³-hybridized carbons (Fsp3) is 0.167. The van der Waals surface area contributed by atoms with Gasteiger partial charge in [-0.1, -0.05) is 41.7 Å². The summed E-state index contributed by atoms with van der Waals surface area (Å²) in [5.41, 5.74) is 5.22. The van der Waals surface area contributed by atoms with Gasteiger partial charge in [0.15, 0.2) is 0 Å². The van der Waals surface area contributed by atoms with Crippen LogP contribution in [0.4, 0.5) is 15.6 Å². The molecule has 5 nitrogen and oxygen atoms in total. The first-order chi connectivity index (χ1) is 11.5. The first-order valence-electron chi connectivity index (χ1n) is 7.57. The number of urea groups is 1. The number of carbonyl (C=O) groups excluding carboxylic acids is 1. The first-order valence-corrected chi connectivity index (χ1v) is 8.39. The van der Waals surface area contributed by atoms with Gasteiger partial charge in [-0.15, -0.1) is 10.2 Å². The van der Waals surface area contributed by atoms with Gasteiger partial charge in [0, 0.05) is 11.3 Å². The molecule has 0 spiro atoms. The lowest BCUT2D eigenvalue weighted by Gasteiger charge is -2.07. The smallest absolute Gasteiger partial charge is 0.308 e. The molecule has 0 fully saturated rings. The molecule has 1 heterocycles. The largest absolute Gasteiger partial charge is 0.325 e. The Kier molecular flexibility index (Phi) is 4.57. The summed E-state index contributed by atoms with van der Waals surface area (Å²) in [6.45, 7) is 6.07. The van der Waals surface area contributed by atoms with Crippen LogP contribution in [0.1, 0.15) is 16.7 Å². The molecule has 6 heteroatoms. The third-order valence-electron chi connectivity index (χ3n) is 3.79. The summed E-state index contributed by atoms with van der Waals surface area (Å²) in [5, 5.41) is 15.0. The van der Waals surface area contributed by atoms with Crippen LogP contribution in [-0.2, 0) is 0 Å². The Morgan fingerprint density at radius 3 is 2.46 bits per heavy atom. The second-order valence-electron chi connectivity index (χ2n) is 5.61. The van der Waals surface area contributed by atoms with Crippen LogP contribution < -0.4 is 10.6 Å². The number of hydrogen-bond acceptors (Lipinski definition) is 4. The molecule has 0 aliphatic carbocycles. The average molecular weight is 338 g/mol. The van der Waals surface area contributed by atoms with Gasteiger partial charge in [0.25, 0.3) is 0 Å². The Morgan fingerprint density at radius 2 is 1.71 bits per heavy atom. The van der Waals surface area contributed by atoms with Gasteiger partial charge in [-0.3, -0.25) is 5.32 Å². The minimum absolute atomic E-state index is 0.328. The maximum atomic E-state index is 12.1. The van der Waals surface area contributed by atoms with Gasteiger partial charge < -0.3 is 5.32 Å². The predicted molar refractivity (Wildman–Crippen MR) is 98.6 cm³/mol. The number of amides is 2. The lowest BCUT2D eigenvalue weighted by molar-refractivity contribution is 0.262. The molecule has 0 atom stereocenters. The van der Waals surface area contributed by atoms with E-state index in [1.807, 2.05) is 63.2 Å². The van der Waals surface area contributed by atoms with E-state index in [0.717, 1.165) is 27.4 Å². The lowest BCUT2D eigenvalue weighted by Crippen LogP contribution is -2.19. The maximum Gasteiger partial charge on any atom is 0.325 e. The van der Waals surface area contributed by atoms with Crippen molar-refractivity contribution in [2.75, 3.05) is 10.6 Å². The van der Waals surface area contributed by atoms with Crippen molar-refractivity contribution in [3.63, 3.8) is 0 Å². The summed E-state index contributed by atoms with van der Waals surface area (Å²) >= 11 is 1.35. The first kappa shape index (κ1) is 16.1. The normalized spacial score (nSPS) is 10.5. The predicted octanol–water partition coefficient (Wildman–Crippen LogP) is 4.77. The molecule has 0 unspecified atom stereocenters. The van der Waals surface area contributed by atoms with E-state index in [0.29, 0.717) is 5.13 Å². The van der Waals surface area contributed by atoms with Gasteiger partial charge in [0.05, 0.1) is 0 Å². The number of aryl methyl sites for hydroxylation is 3. The number of benzene rings is 2. The van der Waals surface area contributed by atoms with E-state index in [-0.39, 0.29) is 6.03 Å². The Hall–Kier alpha value is -2.73. The minimum Gasteiger partial charge on any atom is -0.308 e. The van der Waals surface area contributed by atoms with E-state index in [1.165, 1.54) is 16.9 Å². The Bertz CT molecular complexity index is 888. The Labute approximate surface area is 144 Å². The second-order valence-corrected chi connectivity index (χ2v) is 6.58. The van der Waals surface area contributed by atoms with Gasteiger partial charge >= 0.3 is 6.03 Å². The van der Waals surface area contributed by atoms with Crippen LogP contribution >= 0.6 is 11.3 Å². The van der Waals surface area contributed by atoms with Crippen molar-refractivity contribution < 1.29 is 4.79 Å². The van der Waals surface area contributed by atoms with Crippen LogP contribution in [0.25, 0.3) is 10.6 Å². The zero-order valence-electron chi connectivity index (χ0n) is 13.8. The SMILES string of the molecule is Cc1ccc(NC(=O)Nc2nnc(-c3ccccc3C)s2)cc1C. The van der Waals surface area contributed by atoms with Gasteiger partial charge in [0.1, 0.15) is 5.01 Å². The van der Waals surface area contributed by atoms with Gasteiger partial charge in [-0.2, -0.15) is 0 Å². The highest BCUT2D eigenvalue weighted by Gasteiger charge is 2.11. The quantitative estimate of drug-likeness (QED) is 0.722. The number of anilines is 2. The second kappa shape index (κ2) is 6.80. The summed E-state index contributed by atoms with van der Waals surface area (Å²) in [6.07, 6.45) is 0. The van der Waals surface area contributed by atoms with Gasteiger partial charge in [-0.25, -0.2) is 4.79 Å². The van der Waals surface area contributed by atoms with E-state index < -0.39 is 0 Å². The van der Waals surface area contributed by atoms with Crippen molar-refractivity contribution in [2.24, 2.45) is 0 Å². The van der Waals surface area contributed by atoms with Crippen molar-refractivity contribution >= 4 is 28.2 Å². The molecule has 0 aliphatic heterocycles. The van der Waals surface area contributed by atoms with Gasteiger partial charge in [-0.05, 0) is 49.6 Å². The molecule has 2 amide bonds. The van der Waals surface area contributed by atoms with Crippen molar-refractivity contribution in [3.05, 3.63) is 59.2 Å². The van der Waals surface area contributed by atoms with E-state index in [2.05, 4.69) is 20.8 Å². The third-order valence-corrected chi connectivity index (χ3v) is 4.66. The summed E-state index contributed by atoms with van der Waals surface area (Å²) < 4.78 is 0. The molecule has 0 bridgehead atoms. The van der Waals surface area contributed by atoms with Crippen molar-refractivity contribution in [2.45, 2.75) is 20.8 Å². The molecule has 1 aromatic heterocycles. The molecular formula is C18H18N4OS. The lowest BCUT2D eigenvalue weighted by atomic mass is 10.1. The molecule has 2 aromatic carbocycles. The Morgan fingerprint density at radius 1 is 0.917 bits per heavy atom. The summed E-state index contributed by atoms with van der Waals surface area (Å²) in [7, 11) is 0. The number of nitrogens with zero attached hydrogens (tertiary/aromatic N) is 2. The maximum absolute atomic E-state index is 12.1. The highest BCUT2D eigenvalue weighted by molar-refractivity contribution is 7.18.